The summed E-state index contributed by atoms with van der Waals surface area (Å²) in [7, 11) is 0. The van der Waals surface area contributed by atoms with Gasteiger partial charge in [-0.05, 0) is 28.7 Å². The average Bonchev–Trinajstić information content (AvgIpc) is 3.08. The van der Waals surface area contributed by atoms with Gasteiger partial charge in [0, 0.05) is 24.0 Å². The summed E-state index contributed by atoms with van der Waals surface area (Å²) in [5.74, 6) is 0.200. The molecule has 0 amide bonds. The van der Waals surface area contributed by atoms with Crippen LogP contribution < -0.4 is 0 Å². The summed E-state index contributed by atoms with van der Waals surface area (Å²) < 4.78 is 0. The molecule has 0 aromatic rings. The summed E-state index contributed by atoms with van der Waals surface area (Å²) >= 11 is 0. The monoisotopic (exact) mass is 352 g/mol. The number of Topliss-reactive ketones (excluding diaryl/α,β-unsaturated/α-hetero) is 2. The van der Waals surface area contributed by atoms with Crippen LogP contribution in [0.3, 0.4) is 0 Å². The zero-order valence-corrected chi connectivity index (χ0v) is 15.0. The molecule has 27 heavy (non-hydrogen) atoms. The molecule has 0 spiro atoms. The SMILES string of the molecule is O=C(CCCC(=O)c1ccc2cccccc1-2)c1ccc2cccccc1-2. The van der Waals surface area contributed by atoms with Crippen LogP contribution in [-0.4, -0.2) is 11.6 Å². The molecule has 4 rings (SSSR count). The Bertz CT molecular complexity index is 963. The highest BCUT2D eigenvalue weighted by Crippen LogP contribution is 2.30. The maximum Gasteiger partial charge on any atom is 0.163 e. The third-order valence-electron chi connectivity index (χ3n) is 4.99. The van der Waals surface area contributed by atoms with Gasteiger partial charge in [0.25, 0.3) is 0 Å². The maximum absolute atomic E-state index is 12.6. The van der Waals surface area contributed by atoms with Crippen LogP contribution in [0.5, 0.6) is 0 Å². The van der Waals surface area contributed by atoms with E-state index in [1.54, 1.807) is 0 Å². The second kappa shape index (κ2) is 7.55. The van der Waals surface area contributed by atoms with Crippen LogP contribution in [0.4, 0.5) is 0 Å². The molecule has 0 N–H and O–H groups in total. The molecule has 132 valence electrons. The Labute approximate surface area is 159 Å². The zero-order valence-electron chi connectivity index (χ0n) is 15.0. The largest absolute Gasteiger partial charge is 0.294 e. The van der Waals surface area contributed by atoms with Crippen molar-refractivity contribution in [3.05, 3.63) is 96.1 Å². The Hall–Kier alpha value is -3.26. The first-order valence-electron chi connectivity index (χ1n) is 9.26. The first-order chi connectivity index (χ1) is 13.2. The standard InChI is InChI=1S/C25H20O2/c26-24(22-16-14-18-8-3-1-5-10-20(18)22)12-7-13-25(27)23-17-15-19-9-4-2-6-11-21(19)23/h1-6,8-11,14-17H,7,12-13H2. The smallest absolute Gasteiger partial charge is 0.163 e. The molecule has 0 bridgehead atoms. The van der Waals surface area contributed by atoms with Gasteiger partial charge in [0.05, 0.1) is 0 Å². The van der Waals surface area contributed by atoms with Gasteiger partial charge in [0.15, 0.2) is 11.6 Å². The molecule has 0 saturated carbocycles. The van der Waals surface area contributed by atoms with Crippen LogP contribution in [0.25, 0.3) is 22.3 Å². The molecule has 4 aliphatic rings. The lowest BCUT2D eigenvalue weighted by Crippen LogP contribution is -2.03. The van der Waals surface area contributed by atoms with Crippen molar-refractivity contribution in [2.75, 3.05) is 0 Å². The van der Waals surface area contributed by atoms with Gasteiger partial charge in [-0.1, -0.05) is 84.9 Å². The molecule has 0 saturated heterocycles. The van der Waals surface area contributed by atoms with E-state index < -0.39 is 0 Å². The summed E-state index contributed by atoms with van der Waals surface area (Å²) in [6, 6.07) is 27.5. The summed E-state index contributed by atoms with van der Waals surface area (Å²) in [4.78, 5) is 25.3. The Morgan fingerprint density at radius 1 is 0.519 bits per heavy atom. The van der Waals surface area contributed by atoms with Gasteiger partial charge in [0.2, 0.25) is 0 Å². The topological polar surface area (TPSA) is 34.1 Å². The molecular formula is C25H20O2. The number of rotatable bonds is 6. The highest BCUT2D eigenvalue weighted by Gasteiger charge is 2.17. The lowest BCUT2D eigenvalue weighted by molar-refractivity contribution is 0.0958. The van der Waals surface area contributed by atoms with Crippen molar-refractivity contribution in [3.8, 4) is 22.3 Å². The number of hydrogen-bond donors (Lipinski definition) is 0. The van der Waals surface area contributed by atoms with Crippen LogP contribution in [0.2, 0.25) is 0 Å². The fraction of sp³-hybridized carbons (Fsp3) is 0.120. The number of fused-ring (bicyclic) bond motifs is 2. The van der Waals surface area contributed by atoms with E-state index in [0.29, 0.717) is 19.3 Å². The first-order valence-corrected chi connectivity index (χ1v) is 9.26. The van der Waals surface area contributed by atoms with E-state index in [0.717, 1.165) is 33.4 Å². The van der Waals surface area contributed by atoms with E-state index in [1.807, 2.05) is 84.9 Å². The van der Waals surface area contributed by atoms with Gasteiger partial charge in [-0.25, -0.2) is 0 Å². The summed E-state index contributed by atoms with van der Waals surface area (Å²) in [5.41, 5.74) is 5.58. The van der Waals surface area contributed by atoms with Gasteiger partial charge in [0.1, 0.15) is 0 Å². The number of hydrogen-bond acceptors (Lipinski definition) is 2. The first kappa shape index (κ1) is 17.2. The van der Waals surface area contributed by atoms with Crippen molar-refractivity contribution >= 4 is 11.6 Å². The predicted molar refractivity (Wildman–Crippen MR) is 109 cm³/mol. The van der Waals surface area contributed by atoms with Gasteiger partial charge >= 0.3 is 0 Å². The van der Waals surface area contributed by atoms with E-state index in [4.69, 9.17) is 0 Å². The van der Waals surface area contributed by atoms with E-state index in [9.17, 15) is 9.59 Å². The molecule has 0 unspecified atom stereocenters. The zero-order chi connectivity index (χ0) is 18.6. The highest BCUT2D eigenvalue weighted by molar-refractivity contribution is 6.05. The molecule has 0 atom stereocenters. The number of carbonyl (C=O) groups is 2. The molecular weight excluding hydrogens is 332 g/mol. The third-order valence-corrected chi connectivity index (χ3v) is 4.99. The number of ketones is 2. The Morgan fingerprint density at radius 2 is 0.963 bits per heavy atom. The minimum atomic E-state index is 0.0998. The summed E-state index contributed by atoms with van der Waals surface area (Å²) in [6.07, 6.45) is 1.33. The van der Waals surface area contributed by atoms with Crippen molar-refractivity contribution < 1.29 is 9.59 Å². The van der Waals surface area contributed by atoms with Crippen molar-refractivity contribution in [2.45, 2.75) is 19.3 Å². The Balaban J connectivity index is 1.41. The molecule has 0 heterocycles. The highest BCUT2D eigenvalue weighted by atomic mass is 16.1. The van der Waals surface area contributed by atoms with Gasteiger partial charge in [-0.2, -0.15) is 0 Å². The Kier molecular flexibility index (Phi) is 4.80. The summed E-state index contributed by atoms with van der Waals surface area (Å²) in [6.45, 7) is 0. The lowest BCUT2D eigenvalue weighted by atomic mass is 9.99. The van der Waals surface area contributed by atoms with E-state index >= 15 is 0 Å². The molecule has 2 nitrogen and oxygen atoms in total. The fourth-order valence-corrected chi connectivity index (χ4v) is 3.59. The Morgan fingerprint density at radius 3 is 1.44 bits per heavy atom. The quantitative estimate of drug-likeness (QED) is 0.391. The van der Waals surface area contributed by atoms with E-state index in [1.165, 1.54) is 0 Å². The second-order valence-corrected chi connectivity index (χ2v) is 6.75. The van der Waals surface area contributed by atoms with Crippen molar-refractivity contribution in [3.63, 3.8) is 0 Å². The predicted octanol–water partition coefficient (Wildman–Crippen LogP) is 6.13. The number of carbonyl (C=O) groups excluding carboxylic acids is 2. The molecule has 2 heteroatoms. The second-order valence-electron chi connectivity index (χ2n) is 6.75. The van der Waals surface area contributed by atoms with Crippen LogP contribution in [-0.2, 0) is 0 Å². The molecule has 4 aliphatic carbocycles. The molecule has 0 fully saturated rings. The van der Waals surface area contributed by atoms with Crippen LogP contribution in [0.1, 0.15) is 40.0 Å². The third kappa shape index (κ3) is 3.52. The average molecular weight is 352 g/mol. The fourth-order valence-electron chi connectivity index (χ4n) is 3.59. The van der Waals surface area contributed by atoms with Crippen LogP contribution in [0, 0.1) is 0 Å². The molecule has 0 aromatic heterocycles. The van der Waals surface area contributed by atoms with E-state index in [2.05, 4.69) is 0 Å². The van der Waals surface area contributed by atoms with Gasteiger partial charge in [-0.15, -0.1) is 0 Å². The van der Waals surface area contributed by atoms with Crippen LogP contribution in [0.15, 0.2) is 84.9 Å². The van der Waals surface area contributed by atoms with Gasteiger partial charge < -0.3 is 0 Å². The normalized spacial score (nSPS) is 11.0. The van der Waals surface area contributed by atoms with Crippen LogP contribution >= 0.6 is 0 Å². The minimum Gasteiger partial charge on any atom is -0.294 e. The van der Waals surface area contributed by atoms with Crippen molar-refractivity contribution in [2.24, 2.45) is 0 Å². The maximum atomic E-state index is 12.6. The molecule has 0 radical (unpaired) electrons. The summed E-state index contributed by atoms with van der Waals surface area (Å²) in [5, 5.41) is 0. The molecule has 0 aromatic carbocycles. The minimum absolute atomic E-state index is 0.0998. The lowest BCUT2D eigenvalue weighted by Gasteiger charge is -2.03. The van der Waals surface area contributed by atoms with Crippen molar-refractivity contribution in [1.29, 1.82) is 0 Å². The van der Waals surface area contributed by atoms with E-state index in [-0.39, 0.29) is 11.6 Å². The van der Waals surface area contributed by atoms with Gasteiger partial charge in [-0.3, -0.25) is 9.59 Å². The molecule has 0 aliphatic heterocycles. The van der Waals surface area contributed by atoms with Crippen molar-refractivity contribution in [1.82, 2.24) is 0 Å².